The van der Waals surface area contributed by atoms with Gasteiger partial charge in [0.1, 0.15) is 17.4 Å². The number of piperazine rings is 1. The minimum atomic E-state index is -0.786. The van der Waals surface area contributed by atoms with Crippen LogP contribution in [-0.4, -0.2) is 43.7 Å². The quantitative estimate of drug-likeness (QED) is 0.903. The number of hydrogen-bond donors (Lipinski definition) is 1. The Morgan fingerprint density at radius 2 is 1.77 bits per heavy atom. The fraction of sp³-hybridized carbons (Fsp3) is 0.316. The third kappa shape index (κ3) is 4.22. The zero-order valence-corrected chi connectivity index (χ0v) is 14.5. The van der Waals surface area contributed by atoms with Gasteiger partial charge in [0.25, 0.3) is 0 Å². The highest BCUT2D eigenvalue weighted by molar-refractivity contribution is 5.89. The van der Waals surface area contributed by atoms with Crippen LogP contribution in [0.1, 0.15) is 6.92 Å². The summed E-state index contributed by atoms with van der Waals surface area (Å²) in [6.45, 7) is 4.95. The zero-order chi connectivity index (χ0) is 18.5. The summed E-state index contributed by atoms with van der Waals surface area (Å²) in [7, 11) is 0. The first-order valence-corrected chi connectivity index (χ1v) is 8.55. The number of ether oxygens (including phenoxy) is 1. The van der Waals surface area contributed by atoms with Crippen LogP contribution in [-0.2, 0) is 0 Å². The monoisotopic (exact) mass is 361 g/mol. The van der Waals surface area contributed by atoms with E-state index in [4.69, 9.17) is 4.74 Å². The number of carbonyl (C=O) groups is 1. The molecule has 1 aliphatic heterocycles. The first-order valence-electron chi connectivity index (χ1n) is 8.55. The van der Waals surface area contributed by atoms with Crippen LogP contribution in [0, 0.1) is 11.6 Å². The fourth-order valence-electron chi connectivity index (χ4n) is 2.87. The van der Waals surface area contributed by atoms with Crippen LogP contribution >= 0.6 is 0 Å². The second-order valence-electron chi connectivity index (χ2n) is 5.96. The molecule has 138 valence electrons. The molecule has 5 nitrogen and oxygen atoms in total. The van der Waals surface area contributed by atoms with Crippen molar-refractivity contribution in [1.82, 2.24) is 4.90 Å². The van der Waals surface area contributed by atoms with Gasteiger partial charge in [-0.3, -0.25) is 0 Å². The van der Waals surface area contributed by atoms with E-state index in [-0.39, 0.29) is 11.7 Å². The minimum absolute atomic E-state index is 0.0228. The molecule has 0 bridgehead atoms. The van der Waals surface area contributed by atoms with E-state index < -0.39 is 11.6 Å². The van der Waals surface area contributed by atoms with Crippen molar-refractivity contribution in [3.63, 3.8) is 0 Å². The van der Waals surface area contributed by atoms with E-state index in [1.54, 1.807) is 4.90 Å². The first-order chi connectivity index (χ1) is 12.6. The molecule has 2 aromatic rings. The second-order valence-corrected chi connectivity index (χ2v) is 5.96. The smallest absolute Gasteiger partial charge is 0.322 e. The molecule has 0 saturated carbocycles. The van der Waals surface area contributed by atoms with Crippen LogP contribution in [0.2, 0.25) is 0 Å². The third-order valence-electron chi connectivity index (χ3n) is 4.25. The first kappa shape index (κ1) is 18.0. The number of nitrogens with zero attached hydrogens (tertiary/aromatic N) is 2. The molecular formula is C19H21F2N3O2. The van der Waals surface area contributed by atoms with E-state index in [9.17, 15) is 13.6 Å². The lowest BCUT2D eigenvalue weighted by Crippen LogP contribution is -2.50. The summed E-state index contributed by atoms with van der Waals surface area (Å²) in [5.74, 6) is -0.633. The summed E-state index contributed by atoms with van der Waals surface area (Å²) in [5.41, 5.74) is 1.04. The van der Waals surface area contributed by atoms with E-state index in [1.165, 1.54) is 6.07 Å². The Bertz CT molecular complexity index is 760. The van der Waals surface area contributed by atoms with Gasteiger partial charge in [-0.1, -0.05) is 0 Å². The van der Waals surface area contributed by atoms with Crippen LogP contribution in [0.25, 0.3) is 0 Å². The summed E-state index contributed by atoms with van der Waals surface area (Å²) >= 11 is 0. The van der Waals surface area contributed by atoms with E-state index in [2.05, 4.69) is 10.2 Å². The van der Waals surface area contributed by atoms with E-state index in [1.807, 2.05) is 31.2 Å². The SMILES string of the molecule is CCOc1ccc(N2CCN(C(=O)Nc3ccc(F)cc3F)CC2)cc1. The van der Waals surface area contributed by atoms with Gasteiger partial charge in [0, 0.05) is 37.9 Å². The Hall–Kier alpha value is -2.83. The molecule has 2 aromatic carbocycles. The number of carbonyl (C=O) groups excluding carboxylic acids is 1. The summed E-state index contributed by atoms with van der Waals surface area (Å²) in [4.78, 5) is 16.1. The molecule has 1 heterocycles. The highest BCUT2D eigenvalue weighted by atomic mass is 19.1. The Balaban J connectivity index is 1.55. The topological polar surface area (TPSA) is 44.8 Å². The van der Waals surface area contributed by atoms with Gasteiger partial charge in [-0.15, -0.1) is 0 Å². The summed E-state index contributed by atoms with van der Waals surface area (Å²) in [5, 5.41) is 2.49. The summed E-state index contributed by atoms with van der Waals surface area (Å²) in [6, 6.07) is 10.5. The number of benzene rings is 2. The predicted octanol–water partition coefficient (Wildman–Crippen LogP) is 3.72. The van der Waals surface area contributed by atoms with Gasteiger partial charge in [0.15, 0.2) is 0 Å². The highest BCUT2D eigenvalue weighted by Gasteiger charge is 2.22. The molecule has 0 aliphatic carbocycles. The number of anilines is 2. The van der Waals surface area contributed by atoms with Crippen molar-refractivity contribution in [1.29, 1.82) is 0 Å². The van der Waals surface area contributed by atoms with Crippen molar-refractivity contribution in [3.05, 3.63) is 54.1 Å². The van der Waals surface area contributed by atoms with E-state index >= 15 is 0 Å². The average Bonchev–Trinajstić information content (AvgIpc) is 2.65. The van der Waals surface area contributed by atoms with Crippen molar-refractivity contribution >= 4 is 17.4 Å². The Kier molecular flexibility index (Phi) is 5.55. The van der Waals surface area contributed by atoms with Gasteiger partial charge in [0.2, 0.25) is 0 Å². The van der Waals surface area contributed by atoms with Gasteiger partial charge < -0.3 is 19.9 Å². The van der Waals surface area contributed by atoms with E-state index in [0.717, 1.165) is 23.6 Å². The molecule has 26 heavy (non-hydrogen) atoms. The van der Waals surface area contributed by atoms with Gasteiger partial charge in [-0.2, -0.15) is 0 Å². The zero-order valence-electron chi connectivity index (χ0n) is 14.5. The molecule has 1 aliphatic rings. The summed E-state index contributed by atoms with van der Waals surface area (Å²) in [6.07, 6.45) is 0. The molecule has 3 rings (SSSR count). The lowest BCUT2D eigenvalue weighted by molar-refractivity contribution is 0.208. The molecule has 1 saturated heterocycles. The standard InChI is InChI=1S/C19H21F2N3O2/c1-2-26-16-6-4-15(5-7-16)23-9-11-24(12-10-23)19(25)22-18-8-3-14(20)13-17(18)21/h3-8,13H,2,9-12H2,1H3,(H,22,25). The van der Waals surface area contributed by atoms with E-state index in [0.29, 0.717) is 32.8 Å². The van der Waals surface area contributed by atoms with Crippen molar-refractivity contribution in [3.8, 4) is 5.75 Å². The number of hydrogen-bond acceptors (Lipinski definition) is 3. The van der Waals surface area contributed by atoms with Crippen LogP contribution < -0.4 is 15.0 Å². The maximum Gasteiger partial charge on any atom is 0.322 e. The second kappa shape index (κ2) is 8.03. The predicted molar refractivity (Wildman–Crippen MR) is 96.8 cm³/mol. The third-order valence-corrected chi connectivity index (χ3v) is 4.25. The number of urea groups is 1. The van der Waals surface area contributed by atoms with Gasteiger partial charge in [-0.05, 0) is 43.3 Å². The van der Waals surface area contributed by atoms with Crippen molar-refractivity contribution in [2.24, 2.45) is 0 Å². The number of halogens is 2. The van der Waals surface area contributed by atoms with Crippen LogP contribution in [0.5, 0.6) is 5.75 Å². The average molecular weight is 361 g/mol. The molecular weight excluding hydrogens is 340 g/mol. The maximum atomic E-state index is 13.7. The molecule has 2 amide bonds. The largest absolute Gasteiger partial charge is 0.494 e. The molecule has 0 atom stereocenters. The fourth-order valence-corrected chi connectivity index (χ4v) is 2.87. The van der Waals surface area contributed by atoms with Gasteiger partial charge in [-0.25, -0.2) is 13.6 Å². The molecule has 0 radical (unpaired) electrons. The van der Waals surface area contributed by atoms with Gasteiger partial charge >= 0.3 is 6.03 Å². The van der Waals surface area contributed by atoms with Crippen molar-refractivity contribution in [2.75, 3.05) is 43.0 Å². The molecule has 0 unspecified atom stereocenters. The Morgan fingerprint density at radius 3 is 2.38 bits per heavy atom. The molecule has 1 fully saturated rings. The molecule has 7 heteroatoms. The van der Waals surface area contributed by atoms with Crippen LogP contribution in [0.4, 0.5) is 25.0 Å². The van der Waals surface area contributed by atoms with Crippen molar-refractivity contribution in [2.45, 2.75) is 6.92 Å². The van der Waals surface area contributed by atoms with Crippen LogP contribution in [0.15, 0.2) is 42.5 Å². The Labute approximate surface area is 151 Å². The lowest BCUT2D eigenvalue weighted by atomic mass is 10.2. The normalized spacial score (nSPS) is 14.3. The number of rotatable bonds is 4. The number of nitrogens with one attached hydrogen (secondary N) is 1. The minimum Gasteiger partial charge on any atom is -0.494 e. The lowest BCUT2D eigenvalue weighted by Gasteiger charge is -2.36. The summed E-state index contributed by atoms with van der Waals surface area (Å²) < 4.78 is 32.0. The highest BCUT2D eigenvalue weighted by Crippen LogP contribution is 2.21. The number of amides is 2. The van der Waals surface area contributed by atoms with Crippen LogP contribution in [0.3, 0.4) is 0 Å². The molecule has 0 aromatic heterocycles. The molecule has 0 spiro atoms. The van der Waals surface area contributed by atoms with Crippen molar-refractivity contribution < 1.29 is 18.3 Å². The molecule has 1 N–H and O–H groups in total. The maximum absolute atomic E-state index is 13.7. The van der Waals surface area contributed by atoms with Gasteiger partial charge in [0.05, 0.1) is 12.3 Å². The Morgan fingerprint density at radius 1 is 1.08 bits per heavy atom.